The molecule has 0 spiro atoms. The third kappa shape index (κ3) is 2.22. The molecule has 6 heteroatoms. The molecule has 0 atom stereocenters. The van der Waals surface area contributed by atoms with Crippen molar-refractivity contribution in [2.75, 3.05) is 0 Å². The number of hydrogen-bond donors (Lipinski definition) is 0. The second-order valence-electron chi connectivity index (χ2n) is 1.97. The Morgan fingerprint density at radius 2 is 1.92 bits per heavy atom. The second-order valence-corrected chi connectivity index (χ2v) is 3.43. The molecule has 0 bridgehead atoms. The highest BCUT2D eigenvalue weighted by atomic mass is 127. The number of rotatable bonds is 0. The molecule has 1 aromatic heterocycles. The first-order valence-corrected chi connectivity index (χ1v) is 4.26. The van der Waals surface area contributed by atoms with Crippen LogP contribution in [0.15, 0.2) is 12.1 Å². The van der Waals surface area contributed by atoms with Gasteiger partial charge in [-0.3, -0.25) is 0 Å². The van der Waals surface area contributed by atoms with Crippen LogP contribution in [-0.4, -0.2) is 4.98 Å². The average Bonchev–Trinajstić information content (AvgIpc) is 1.83. The van der Waals surface area contributed by atoms with Crippen LogP contribution >= 0.6 is 34.2 Å². The Hall–Kier alpha value is -0.0400. The molecule has 66 valence electrons. The Balaban J connectivity index is 3.19. The summed E-state index contributed by atoms with van der Waals surface area (Å²) in [5.41, 5.74) is -0.899. The molecule has 0 aliphatic rings. The van der Waals surface area contributed by atoms with E-state index in [9.17, 15) is 13.2 Å². The van der Waals surface area contributed by atoms with Crippen LogP contribution in [0.4, 0.5) is 13.2 Å². The smallest absolute Gasteiger partial charge is 0.230 e. The second kappa shape index (κ2) is 3.37. The van der Waals surface area contributed by atoms with Crippen LogP contribution in [0.25, 0.3) is 0 Å². The van der Waals surface area contributed by atoms with E-state index >= 15 is 0 Å². The maximum atomic E-state index is 12.1. The molecule has 1 aromatic rings. The predicted molar refractivity (Wildman–Crippen MR) is 47.0 cm³/mol. The molecule has 0 aliphatic heterocycles. The van der Waals surface area contributed by atoms with Gasteiger partial charge in [-0.2, -0.15) is 13.2 Å². The fourth-order valence-corrected chi connectivity index (χ4v) is 1.45. The highest BCUT2D eigenvalue weighted by Gasteiger charge is 2.33. The Morgan fingerprint density at radius 1 is 1.33 bits per heavy atom. The van der Waals surface area contributed by atoms with Gasteiger partial charge in [-0.15, -0.1) is 0 Å². The van der Waals surface area contributed by atoms with Crippen molar-refractivity contribution in [3.8, 4) is 0 Å². The molecule has 0 unspecified atom stereocenters. The van der Waals surface area contributed by atoms with E-state index in [0.717, 1.165) is 6.07 Å². The quantitative estimate of drug-likeness (QED) is 0.529. The minimum absolute atomic E-state index is 0.436. The Morgan fingerprint density at radius 3 is 2.33 bits per heavy atom. The van der Waals surface area contributed by atoms with Crippen molar-refractivity contribution in [1.29, 1.82) is 0 Å². The van der Waals surface area contributed by atoms with E-state index in [1.165, 1.54) is 6.07 Å². The van der Waals surface area contributed by atoms with Gasteiger partial charge in [0.05, 0.1) is 5.56 Å². The zero-order valence-electron chi connectivity index (χ0n) is 5.49. The van der Waals surface area contributed by atoms with E-state index < -0.39 is 16.9 Å². The van der Waals surface area contributed by atoms with Crippen LogP contribution in [0.3, 0.4) is 0 Å². The summed E-state index contributed by atoms with van der Waals surface area (Å²) in [6, 6.07) is 2.17. The zero-order chi connectivity index (χ0) is 9.35. The summed E-state index contributed by atoms with van der Waals surface area (Å²) in [4.78, 5) is 3.47. The van der Waals surface area contributed by atoms with Crippen molar-refractivity contribution < 1.29 is 13.2 Å². The van der Waals surface area contributed by atoms with Crippen molar-refractivity contribution >= 4 is 34.2 Å². The van der Waals surface area contributed by atoms with Crippen LogP contribution in [-0.2, 0) is 6.18 Å². The molecule has 0 aromatic carbocycles. The van der Waals surface area contributed by atoms with Crippen LogP contribution in [0.2, 0.25) is 5.15 Å². The highest BCUT2D eigenvalue weighted by Crippen LogP contribution is 2.33. The molecular weight excluding hydrogens is 305 g/mol. The van der Waals surface area contributed by atoms with E-state index in [2.05, 4.69) is 4.98 Å². The number of alkyl halides is 3. The maximum Gasteiger partial charge on any atom is 0.419 e. The minimum atomic E-state index is -4.42. The first-order valence-electron chi connectivity index (χ1n) is 2.80. The van der Waals surface area contributed by atoms with Crippen LogP contribution in [0, 0.1) is 3.70 Å². The molecule has 1 heterocycles. The van der Waals surface area contributed by atoms with Gasteiger partial charge >= 0.3 is 6.18 Å². The number of aromatic nitrogens is 1. The maximum absolute atomic E-state index is 12.1. The normalized spacial score (nSPS) is 11.8. The molecule has 0 saturated carbocycles. The zero-order valence-corrected chi connectivity index (χ0v) is 8.41. The molecule has 0 fully saturated rings. The van der Waals surface area contributed by atoms with Gasteiger partial charge in [0.2, 0.25) is 0 Å². The summed E-state index contributed by atoms with van der Waals surface area (Å²) in [6.07, 6.45) is -4.42. The third-order valence-corrected chi connectivity index (χ3v) is 2.01. The Bertz CT molecular complexity index is 299. The first kappa shape index (κ1) is 10.0. The summed E-state index contributed by atoms with van der Waals surface area (Å²) in [5, 5.41) is -0.505. The molecule has 1 rings (SSSR count). The highest BCUT2D eigenvalue weighted by molar-refractivity contribution is 14.1. The van der Waals surface area contributed by atoms with Gasteiger partial charge in [0.1, 0.15) is 8.85 Å². The monoisotopic (exact) mass is 307 g/mol. The lowest BCUT2D eigenvalue weighted by Crippen LogP contribution is -2.06. The standard InChI is InChI=1S/C6H2ClF3IN/c7-5-3(6(8,9)10)1-2-4(11)12-5/h1-2H. The Labute approximate surface area is 85.1 Å². The predicted octanol–water partition coefficient (Wildman–Crippen LogP) is 3.36. The van der Waals surface area contributed by atoms with Crippen molar-refractivity contribution in [3.05, 3.63) is 26.5 Å². The van der Waals surface area contributed by atoms with Gasteiger partial charge < -0.3 is 0 Å². The van der Waals surface area contributed by atoms with Crippen molar-refractivity contribution in [3.63, 3.8) is 0 Å². The molecule has 1 nitrogen and oxygen atoms in total. The first-order chi connectivity index (χ1) is 5.41. The Kier molecular flexibility index (Phi) is 2.82. The molecule has 0 aliphatic carbocycles. The summed E-state index contributed by atoms with van der Waals surface area (Å²) in [7, 11) is 0. The van der Waals surface area contributed by atoms with Crippen LogP contribution in [0.1, 0.15) is 5.56 Å². The molecule has 12 heavy (non-hydrogen) atoms. The van der Waals surface area contributed by atoms with Gasteiger partial charge in [0.15, 0.2) is 0 Å². The van der Waals surface area contributed by atoms with Crippen molar-refractivity contribution in [1.82, 2.24) is 4.98 Å². The fourth-order valence-electron chi connectivity index (χ4n) is 0.624. The molecular formula is C6H2ClF3IN. The van der Waals surface area contributed by atoms with Crippen molar-refractivity contribution in [2.45, 2.75) is 6.18 Å². The van der Waals surface area contributed by atoms with E-state index in [1.54, 1.807) is 22.6 Å². The average molecular weight is 307 g/mol. The van der Waals surface area contributed by atoms with E-state index in [1.807, 2.05) is 0 Å². The van der Waals surface area contributed by atoms with Crippen molar-refractivity contribution in [2.24, 2.45) is 0 Å². The van der Waals surface area contributed by atoms with Gasteiger partial charge in [0, 0.05) is 0 Å². The largest absolute Gasteiger partial charge is 0.419 e. The lowest BCUT2D eigenvalue weighted by atomic mass is 10.3. The van der Waals surface area contributed by atoms with Gasteiger partial charge in [-0.25, -0.2) is 4.98 Å². The number of pyridine rings is 1. The molecule has 0 amide bonds. The summed E-state index contributed by atoms with van der Waals surface area (Å²) in [6.45, 7) is 0. The van der Waals surface area contributed by atoms with E-state index in [4.69, 9.17) is 11.6 Å². The van der Waals surface area contributed by atoms with Gasteiger partial charge in [-0.1, -0.05) is 11.6 Å². The topological polar surface area (TPSA) is 12.9 Å². The number of hydrogen-bond acceptors (Lipinski definition) is 1. The van der Waals surface area contributed by atoms with Gasteiger partial charge in [0.25, 0.3) is 0 Å². The number of halogens is 5. The SMILES string of the molecule is FC(F)(F)c1ccc(I)nc1Cl. The molecule has 0 saturated heterocycles. The number of nitrogens with zero attached hydrogens (tertiary/aromatic N) is 1. The van der Waals surface area contributed by atoms with E-state index in [-0.39, 0.29) is 0 Å². The summed E-state index contributed by atoms with van der Waals surface area (Å²) < 4.78 is 36.6. The van der Waals surface area contributed by atoms with Crippen LogP contribution in [0.5, 0.6) is 0 Å². The molecule has 0 radical (unpaired) electrons. The van der Waals surface area contributed by atoms with Crippen LogP contribution < -0.4 is 0 Å². The van der Waals surface area contributed by atoms with E-state index in [0.29, 0.717) is 3.70 Å². The summed E-state index contributed by atoms with van der Waals surface area (Å²) >= 11 is 7.07. The molecule has 0 N–H and O–H groups in total. The van der Waals surface area contributed by atoms with Gasteiger partial charge in [-0.05, 0) is 34.7 Å². The lowest BCUT2D eigenvalue weighted by molar-refractivity contribution is -0.137. The minimum Gasteiger partial charge on any atom is -0.230 e. The fraction of sp³-hybridized carbons (Fsp3) is 0.167. The lowest BCUT2D eigenvalue weighted by Gasteiger charge is -2.07. The summed E-state index contributed by atoms with van der Waals surface area (Å²) in [5.74, 6) is 0. The third-order valence-electron chi connectivity index (χ3n) is 1.12.